The first-order valence-corrected chi connectivity index (χ1v) is 8.41. The second kappa shape index (κ2) is 8.40. The highest BCUT2D eigenvalue weighted by Crippen LogP contribution is 2.29. The Morgan fingerprint density at radius 1 is 1.19 bits per heavy atom. The van der Waals surface area contributed by atoms with Crippen molar-refractivity contribution in [2.24, 2.45) is 0 Å². The molecule has 0 aliphatic heterocycles. The molecule has 2 N–H and O–H groups in total. The number of benzene rings is 1. The molecule has 1 aromatic carbocycles. The first-order valence-electron chi connectivity index (χ1n) is 8.41. The summed E-state index contributed by atoms with van der Waals surface area (Å²) in [7, 11) is 0. The number of hydrogen-bond acceptors (Lipinski definition) is 3. The van der Waals surface area contributed by atoms with Gasteiger partial charge in [-0.1, -0.05) is 51.3 Å². The highest BCUT2D eigenvalue weighted by Gasteiger charge is 2.22. The number of nitrogens with one attached hydrogen (secondary N) is 1. The van der Waals surface area contributed by atoms with E-state index in [0.717, 1.165) is 13.1 Å². The summed E-state index contributed by atoms with van der Waals surface area (Å²) in [5.74, 6) is 0. The van der Waals surface area contributed by atoms with Crippen LogP contribution in [-0.4, -0.2) is 30.3 Å². The van der Waals surface area contributed by atoms with Gasteiger partial charge in [0, 0.05) is 30.9 Å². The smallest absolute Gasteiger partial charge is 0.0606 e. The molecule has 0 spiro atoms. The van der Waals surface area contributed by atoms with Crippen LogP contribution in [0.4, 0.5) is 5.69 Å². The maximum Gasteiger partial charge on any atom is 0.0606 e. The van der Waals surface area contributed by atoms with Gasteiger partial charge >= 0.3 is 0 Å². The number of aliphatic hydroxyl groups is 1. The van der Waals surface area contributed by atoms with Gasteiger partial charge in [-0.25, -0.2) is 0 Å². The number of para-hydroxylation sites is 1. The zero-order chi connectivity index (χ0) is 15.1. The Morgan fingerprint density at radius 2 is 1.90 bits per heavy atom. The van der Waals surface area contributed by atoms with E-state index in [1.54, 1.807) is 0 Å². The molecule has 0 heterocycles. The maximum absolute atomic E-state index is 9.48. The summed E-state index contributed by atoms with van der Waals surface area (Å²) in [6, 6.07) is 9.71. The van der Waals surface area contributed by atoms with Crippen molar-refractivity contribution in [3.8, 4) is 0 Å². The summed E-state index contributed by atoms with van der Waals surface area (Å²) < 4.78 is 0. The first-order chi connectivity index (χ1) is 10.2. The number of rotatable bonds is 7. The Morgan fingerprint density at radius 3 is 2.57 bits per heavy atom. The lowest BCUT2D eigenvalue weighted by Crippen LogP contribution is -2.39. The monoisotopic (exact) mass is 290 g/mol. The quantitative estimate of drug-likeness (QED) is 0.808. The molecule has 2 rings (SSSR count). The lowest BCUT2D eigenvalue weighted by atomic mass is 9.93. The van der Waals surface area contributed by atoms with Gasteiger partial charge in [0.1, 0.15) is 0 Å². The zero-order valence-electron chi connectivity index (χ0n) is 13.5. The van der Waals surface area contributed by atoms with E-state index in [-0.39, 0.29) is 6.61 Å². The van der Waals surface area contributed by atoms with Gasteiger partial charge < -0.3 is 15.3 Å². The van der Waals surface area contributed by atoms with Gasteiger partial charge in [0.25, 0.3) is 0 Å². The van der Waals surface area contributed by atoms with Gasteiger partial charge in [0.15, 0.2) is 0 Å². The van der Waals surface area contributed by atoms with Crippen molar-refractivity contribution in [2.45, 2.75) is 64.6 Å². The van der Waals surface area contributed by atoms with Gasteiger partial charge in [-0.05, 0) is 24.5 Å². The minimum absolute atomic E-state index is 0.225. The average molecular weight is 290 g/mol. The van der Waals surface area contributed by atoms with Gasteiger partial charge in [-0.3, -0.25) is 0 Å². The van der Waals surface area contributed by atoms with Crippen molar-refractivity contribution in [1.29, 1.82) is 0 Å². The Balaban J connectivity index is 2.17. The van der Waals surface area contributed by atoms with Gasteiger partial charge in [0.05, 0.1) is 6.61 Å². The standard InChI is InChI=1S/C18H30N2O/c1-15(2)19-14-16-8-6-7-11-18(16)20(12-13-21)17-9-4-3-5-10-17/h6-8,11,15,17,19,21H,3-5,9-10,12-14H2,1-2H3. The number of nitrogens with zero attached hydrogens (tertiary/aromatic N) is 1. The zero-order valence-corrected chi connectivity index (χ0v) is 13.5. The van der Waals surface area contributed by atoms with Crippen molar-refractivity contribution >= 4 is 5.69 Å². The Labute approximate surface area is 129 Å². The normalized spacial score (nSPS) is 16.4. The molecule has 0 amide bonds. The minimum Gasteiger partial charge on any atom is -0.395 e. The van der Waals surface area contributed by atoms with Crippen LogP contribution in [0.25, 0.3) is 0 Å². The molecule has 0 radical (unpaired) electrons. The minimum atomic E-state index is 0.225. The molecule has 1 aliphatic rings. The summed E-state index contributed by atoms with van der Waals surface area (Å²) in [5, 5.41) is 13.0. The summed E-state index contributed by atoms with van der Waals surface area (Å²) in [6.45, 7) is 6.21. The summed E-state index contributed by atoms with van der Waals surface area (Å²) in [4.78, 5) is 2.44. The van der Waals surface area contributed by atoms with Crippen LogP contribution in [0, 0.1) is 0 Å². The molecule has 1 fully saturated rings. The molecule has 0 bridgehead atoms. The van der Waals surface area contributed by atoms with Crippen LogP contribution >= 0.6 is 0 Å². The molecular formula is C18H30N2O. The lowest BCUT2D eigenvalue weighted by molar-refractivity contribution is 0.290. The van der Waals surface area contributed by atoms with E-state index in [1.807, 2.05) is 0 Å². The number of anilines is 1. The fourth-order valence-corrected chi connectivity index (χ4v) is 3.25. The predicted molar refractivity (Wildman–Crippen MR) is 89.7 cm³/mol. The van der Waals surface area contributed by atoms with Gasteiger partial charge in [0.2, 0.25) is 0 Å². The summed E-state index contributed by atoms with van der Waals surface area (Å²) in [6.07, 6.45) is 6.51. The van der Waals surface area contributed by atoms with Crippen LogP contribution in [0.2, 0.25) is 0 Å². The van der Waals surface area contributed by atoms with E-state index >= 15 is 0 Å². The van der Waals surface area contributed by atoms with E-state index in [2.05, 4.69) is 48.3 Å². The molecule has 0 aromatic heterocycles. The average Bonchev–Trinajstić information content (AvgIpc) is 2.52. The SMILES string of the molecule is CC(C)NCc1ccccc1N(CCO)C1CCCCC1. The third-order valence-corrected chi connectivity index (χ3v) is 4.36. The first kappa shape index (κ1) is 16.3. The van der Waals surface area contributed by atoms with Crippen molar-refractivity contribution in [3.05, 3.63) is 29.8 Å². The molecule has 0 unspecified atom stereocenters. The van der Waals surface area contributed by atoms with Crippen LogP contribution in [0.1, 0.15) is 51.5 Å². The van der Waals surface area contributed by atoms with Crippen LogP contribution in [0.15, 0.2) is 24.3 Å². The third-order valence-electron chi connectivity index (χ3n) is 4.36. The van der Waals surface area contributed by atoms with Crippen molar-refractivity contribution in [3.63, 3.8) is 0 Å². The van der Waals surface area contributed by atoms with E-state index in [0.29, 0.717) is 12.1 Å². The van der Waals surface area contributed by atoms with Crippen molar-refractivity contribution < 1.29 is 5.11 Å². The highest BCUT2D eigenvalue weighted by molar-refractivity contribution is 5.54. The maximum atomic E-state index is 9.48. The van der Waals surface area contributed by atoms with Crippen LogP contribution < -0.4 is 10.2 Å². The molecule has 21 heavy (non-hydrogen) atoms. The Bertz CT molecular complexity index is 413. The highest BCUT2D eigenvalue weighted by atomic mass is 16.3. The van der Waals surface area contributed by atoms with E-state index in [9.17, 15) is 5.11 Å². The molecule has 1 aromatic rings. The van der Waals surface area contributed by atoms with E-state index in [4.69, 9.17) is 0 Å². The molecule has 1 saturated carbocycles. The number of aliphatic hydroxyl groups excluding tert-OH is 1. The van der Waals surface area contributed by atoms with Crippen molar-refractivity contribution in [1.82, 2.24) is 5.32 Å². The van der Waals surface area contributed by atoms with Crippen molar-refractivity contribution in [2.75, 3.05) is 18.1 Å². The molecule has 3 nitrogen and oxygen atoms in total. The second-order valence-electron chi connectivity index (χ2n) is 6.37. The van der Waals surface area contributed by atoms with Gasteiger partial charge in [-0.2, -0.15) is 0 Å². The summed E-state index contributed by atoms with van der Waals surface area (Å²) >= 11 is 0. The van der Waals surface area contributed by atoms with Crippen LogP contribution in [0.3, 0.4) is 0 Å². The van der Waals surface area contributed by atoms with E-state index in [1.165, 1.54) is 43.4 Å². The van der Waals surface area contributed by atoms with Crippen LogP contribution in [-0.2, 0) is 6.54 Å². The molecule has 0 saturated heterocycles. The van der Waals surface area contributed by atoms with Gasteiger partial charge in [-0.15, -0.1) is 0 Å². The largest absolute Gasteiger partial charge is 0.395 e. The predicted octanol–water partition coefficient (Wildman–Crippen LogP) is 3.32. The third kappa shape index (κ3) is 4.72. The van der Waals surface area contributed by atoms with E-state index < -0.39 is 0 Å². The Kier molecular flexibility index (Phi) is 6.52. The Hall–Kier alpha value is -1.06. The molecular weight excluding hydrogens is 260 g/mol. The van der Waals surface area contributed by atoms with Crippen LogP contribution in [0.5, 0.6) is 0 Å². The number of hydrogen-bond donors (Lipinski definition) is 2. The molecule has 1 aliphatic carbocycles. The fraction of sp³-hybridized carbons (Fsp3) is 0.667. The second-order valence-corrected chi connectivity index (χ2v) is 6.37. The molecule has 0 atom stereocenters. The summed E-state index contributed by atoms with van der Waals surface area (Å²) in [5.41, 5.74) is 2.64. The topological polar surface area (TPSA) is 35.5 Å². The molecule has 118 valence electrons. The lowest BCUT2D eigenvalue weighted by Gasteiger charge is -2.37. The fourth-order valence-electron chi connectivity index (χ4n) is 3.25. The molecule has 3 heteroatoms.